The number of hydrogen-bond donors (Lipinski definition) is 0. The SMILES string of the molecule is C=CCc1cc(C(=O)OC)ccc1N(CC=C)C(C)=O. The van der Waals surface area contributed by atoms with E-state index in [1.165, 1.54) is 14.0 Å². The zero-order valence-corrected chi connectivity index (χ0v) is 11.9. The molecule has 0 bridgehead atoms. The van der Waals surface area contributed by atoms with Gasteiger partial charge in [-0.2, -0.15) is 0 Å². The van der Waals surface area contributed by atoms with Crippen LogP contribution in [0.1, 0.15) is 22.8 Å². The molecule has 0 aromatic heterocycles. The van der Waals surface area contributed by atoms with Crippen molar-refractivity contribution in [2.24, 2.45) is 0 Å². The van der Waals surface area contributed by atoms with Crippen molar-refractivity contribution in [3.63, 3.8) is 0 Å². The predicted octanol–water partition coefficient (Wildman–Crippen LogP) is 2.74. The number of amides is 1. The van der Waals surface area contributed by atoms with Crippen molar-refractivity contribution in [2.45, 2.75) is 13.3 Å². The van der Waals surface area contributed by atoms with Crippen LogP contribution in [0.25, 0.3) is 0 Å². The number of nitrogens with zero attached hydrogens (tertiary/aromatic N) is 1. The number of carbonyl (C=O) groups excluding carboxylic acids is 2. The Hall–Kier alpha value is -2.36. The van der Waals surface area contributed by atoms with Gasteiger partial charge in [0.1, 0.15) is 0 Å². The first-order valence-electron chi connectivity index (χ1n) is 6.26. The average molecular weight is 273 g/mol. The van der Waals surface area contributed by atoms with Crippen LogP contribution in [0.4, 0.5) is 5.69 Å². The number of ether oxygens (including phenoxy) is 1. The highest BCUT2D eigenvalue weighted by atomic mass is 16.5. The van der Waals surface area contributed by atoms with Crippen molar-refractivity contribution in [3.8, 4) is 0 Å². The van der Waals surface area contributed by atoms with Gasteiger partial charge in [0.05, 0.1) is 12.7 Å². The van der Waals surface area contributed by atoms with Crippen LogP contribution in [-0.2, 0) is 16.0 Å². The summed E-state index contributed by atoms with van der Waals surface area (Å²) < 4.78 is 4.70. The molecule has 106 valence electrons. The van der Waals surface area contributed by atoms with E-state index in [1.54, 1.807) is 35.3 Å². The Kier molecular flexibility index (Phi) is 5.72. The highest BCUT2D eigenvalue weighted by molar-refractivity contribution is 5.95. The Bertz CT molecular complexity index is 535. The number of rotatable bonds is 6. The van der Waals surface area contributed by atoms with Gasteiger partial charge in [-0.25, -0.2) is 4.79 Å². The van der Waals surface area contributed by atoms with Crippen molar-refractivity contribution in [2.75, 3.05) is 18.6 Å². The molecule has 0 aliphatic carbocycles. The summed E-state index contributed by atoms with van der Waals surface area (Å²) in [5.41, 5.74) is 2.06. The molecule has 4 nitrogen and oxygen atoms in total. The van der Waals surface area contributed by atoms with Crippen molar-refractivity contribution in [3.05, 3.63) is 54.6 Å². The highest BCUT2D eigenvalue weighted by Crippen LogP contribution is 2.24. The summed E-state index contributed by atoms with van der Waals surface area (Å²) in [7, 11) is 1.34. The summed E-state index contributed by atoms with van der Waals surface area (Å²) >= 11 is 0. The Morgan fingerprint density at radius 2 is 2.00 bits per heavy atom. The van der Waals surface area contributed by atoms with Crippen molar-refractivity contribution >= 4 is 17.6 Å². The van der Waals surface area contributed by atoms with Gasteiger partial charge in [0.25, 0.3) is 0 Å². The summed E-state index contributed by atoms with van der Waals surface area (Å²) in [5.74, 6) is -0.485. The molecule has 0 atom stereocenters. The molecule has 0 radical (unpaired) electrons. The van der Waals surface area contributed by atoms with E-state index in [0.29, 0.717) is 18.5 Å². The van der Waals surface area contributed by atoms with E-state index in [4.69, 9.17) is 4.74 Å². The third kappa shape index (κ3) is 3.57. The molecule has 4 heteroatoms. The maximum atomic E-state index is 11.7. The molecule has 0 fully saturated rings. The molecule has 0 N–H and O–H groups in total. The molecule has 20 heavy (non-hydrogen) atoms. The quantitative estimate of drug-likeness (QED) is 0.591. The standard InChI is InChI=1S/C16H19NO3/c1-5-7-13-11-14(16(19)20-4)8-9-15(13)17(10-6-2)12(3)18/h5-6,8-9,11H,1-2,7,10H2,3-4H3. The summed E-state index contributed by atoms with van der Waals surface area (Å²) in [5, 5.41) is 0. The first-order chi connectivity index (χ1) is 9.54. The van der Waals surface area contributed by atoms with Gasteiger partial charge in [0, 0.05) is 19.2 Å². The first kappa shape index (κ1) is 15.7. The van der Waals surface area contributed by atoms with Gasteiger partial charge in [-0.15, -0.1) is 13.2 Å². The number of esters is 1. The van der Waals surface area contributed by atoms with Gasteiger partial charge in [0.15, 0.2) is 0 Å². The van der Waals surface area contributed by atoms with Crippen LogP contribution < -0.4 is 4.90 Å². The molecule has 0 heterocycles. The van der Waals surface area contributed by atoms with E-state index in [-0.39, 0.29) is 5.91 Å². The van der Waals surface area contributed by atoms with Crippen LogP contribution in [0, 0.1) is 0 Å². The zero-order valence-electron chi connectivity index (χ0n) is 11.9. The van der Waals surface area contributed by atoms with Gasteiger partial charge in [0.2, 0.25) is 5.91 Å². The second-order valence-electron chi connectivity index (χ2n) is 4.25. The summed E-state index contributed by atoms with van der Waals surface area (Å²) in [4.78, 5) is 24.9. The first-order valence-corrected chi connectivity index (χ1v) is 6.26. The number of methoxy groups -OCH3 is 1. The monoisotopic (exact) mass is 273 g/mol. The summed E-state index contributed by atoms with van der Waals surface area (Å²) in [6, 6.07) is 5.12. The fourth-order valence-corrected chi connectivity index (χ4v) is 1.94. The van der Waals surface area contributed by atoms with Crippen molar-refractivity contribution in [1.29, 1.82) is 0 Å². The number of benzene rings is 1. The normalized spacial score (nSPS) is 9.70. The summed E-state index contributed by atoms with van der Waals surface area (Å²) in [6.45, 7) is 9.27. The Balaban J connectivity index is 3.30. The fraction of sp³-hybridized carbons (Fsp3) is 0.250. The third-order valence-electron chi connectivity index (χ3n) is 2.85. The number of allylic oxidation sites excluding steroid dienone is 1. The molecule has 1 aromatic carbocycles. The second kappa shape index (κ2) is 7.28. The largest absolute Gasteiger partial charge is 0.465 e. The van der Waals surface area contributed by atoms with Crippen LogP contribution in [0.3, 0.4) is 0 Å². The smallest absolute Gasteiger partial charge is 0.337 e. The lowest BCUT2D eigenvalue weighted by Gasteiger charge is -2.22. The summed E-state index contributed by atoms with van der Waals surface area (Å²) in [6.07, 6.45) is 3.94. The number of anilines is 1. The van der Waals surface area contributed by atoms with E-state index in [9.17, 15) is 9.59 Å². The predicted molar refractivity (Wildman–Crippen MR) is 79.9 cm³/mol. The molecule has 0 aliphatic rings. The van der Waals surface area contributed by atoms with Gasteiger partial charge < -0.3 is 9.64 Å². The minimum absolute atomic E-state index is 0.0824. The average Bonchev–Trinajstić information content (AvgIpc) is 2.44. The minimum Gasteiger partial charge on any atom is -0.465 e. The lowest BCUT2D eigenvalue weighted by molar-refractivity contribution is -0.116. The van der Waals surface area contributed by atoms with Gasteiger partial charge in [-0.05, 0) is 30.2 Å². The van der Waals surface area contributed by atoms with Crippen LogP contribution in [-0.4, -0.2) is 25.5 Å². The van der Waals surface area contributed by atoms with Crippen LogP contribution >= 0.6 is 0 Å². The van der Waals surface area contributed by atoms with Gasteiger partial charge >= 0.3 is 5.97 Å². The molecular formula is C16H19NO3. The molecule has 0 unspecified atom stereocenters. The Morgan fingerprint density at radius 3 is 2.50 bits per heavy atom. The lowest BCUT2D eigenvalue weighted by Crippen LogP contribution is -2.29. The molecule has 0 spiro atoms. The molecular weight excluding hydrogens is 254 g/mol. The van der Waals surface area contributed by atoms with Crippen molar-refractivity contribution in [1.82, 2.24) is 0 Å². The maximum Gasteiger partial charge on any atom is 0.337 e. The zero-order chi connectivity index (χ0) is 15.1. The van der Waals surface area contributed by atoms with Gasteiger partial charge in [-0.3, -0.25) is 4.79 Å². The number of hydrogen-bond acceptors (Lipinski definition) is 3. The van der Waals surface area contributed by atoms with Gasteiger partial charge in [-0.1, -0.05) is 12.2 Å². The molecule has 1 amide bonds. The molecule has 0 aliphatic heterocycles. The fourth-order valence-electron chi connectivity index (χ4n) is 1.94. The molecule has 0 saturated heterocycles. The van der Waals surface area contributed by atoms with Crippen LogP contribution in [0.2, 0.25) is 0 Å². The van der Waals surface area contributed by atoms with Crippen LogP contribution in [0.15, 0.2) is 43.5 Å². The van der Waals surface area contributed by atoms with E-state index in [1.807, 2.05) is 0 Å². The van der Waals surface area contributed by atoms with E-state index < -0.39 is 5.97 Å². The van der Waals surface area contributed by atoms with E-state index in [0.717, 1.165) is 11.3 Å². The minimum atomic E-state index is -0.403. The topological polar surface area (TPSA) is 46.6 Å². The van der Waals surface area contributed by atoms with E-state index >= 15 is 0 Å². The number of carbonyl (C=O) groups is 2. The molecule has 0 saturated carbocycles. The van der Waals surface area contributed by atoms with E-state index in [2.05, 4.69) is 13.2 Å². The van der Waals surface area contributed by atoms with Crippen molar-refractivity contribution < 1.29 is 14.3 Å². The second-order valence-corrected chi connectivity index (χ2v) is 4.25. The Morgan fingerprint density at radius 1 is 1.30 bits per heavy atom. The van der Waals surface area contributed by atoms with Crippen LogP contribution in [0.5, 0.6) is 0 Å². The lowest BCUT2D eigenvalue weighted by atomic mass is 10.0. The highest BCUT2D eigenvalue weighted by Gasteiger charge is 2.16. The molecule has 1 aromatic rings. The molecule has 1 rings (SSSR count). The third-order valence-corrected chi connectivity index (χ3v) is 2.85. The maximum absolute atomic E-state index is 11.7. The Labute approximate surface area is 119 Å².